The number of nitrogens with zero attached hydrogens (tertiary/aromatic N) is 3. The lowest BCUT2D eigenvalue weighted by atomic mass is 10.3. The second-order valence-electron chi connectivity index (χ2n) is 4.47. The first-order valence-electron chi connectivity index (χ1n) is 5.97. The molecule has 2 aromatic rings. The van der Waals surface area contributed by atoms with Crippen LogP contribution in [0.2, 0.25) is 5.28 Å². The number of hydrogen-bond donors (Lipinski definition) is 4. The highest BCUT2D eigenvalue weighted by Gasteiger charge is 2.18. The molecule has 0 fully saturated rings. The third-order valence-corrected chi connectivity index (χ3v) is 4.12. The molecule has 2 rings (SSSR count). The maximum absolute atomic E-state index is 11.4. The van der Waals surface area contributed by atoms with Crippen LogP contribution in [0, 0.1) is 0 Å². The number of anilines is 4. The van der Waals surface area contributed by atoms with Crippen LogP contribution in [0.4, 0.5) is 23.3 Å². The van der Waals surface area contributed by atoms with Crippen LogP contribution >= 0.6 is 11.6 Å². The molecule has 1 aromatic carbocycles. The number of hydrogen-bond acceptors (Lipinski definition) is 9. The van der Waals surface area contributed by atoms with E-state index in [2.05, 4.69) is 25.0 Å². The van der Waals surface area contributed by atoms with Crippen molar-refractivity contribution in [2.45, 2.75) is 4.90 Å². The Labute approximate surface area is 142 Å². The standard InChI is InChI=1S/C10H11ClN6O5S2/c1-23(18,19)17-5-2-3-7(24(20,21)22)6(4-5)13-10-15-8(11)14-9(12)16-10/h2-4,17H,1H3,(H,20,21,22)(H3,12,13,14,15,16). The van der Waals surface area contributed by atoms with E-state index in [0.717, 1.165) is 24.5 Å². The van der Waals surface area contributed by atoms with E-state index in [9.17, 15) is 21.4 Å². The topological polar surface area (TPSA) is 177 Å². The van der Waals surface area contributed by atoms with Crippen molar-refractivity contribution in [2.75, 3.05) is 22.0 Å². The van der Waals surface area contributed by atoms with Crippen LogP contribution in [-0.2, 0) is 20.1 Å². The summed E-state index contributed by atoms with van der Waals surface area (Å²) in [6, 6.07) is 3.28. The number of aromatic nitrogens is 3. The van der Waals surface area contributed by atoms with Gasteiger partial charge in [0.05, 0.1) is 17.6 Å². The summed E-state index contributed by atoms with van der Waals surface area (Å²) in [4.78, 5) is 10.4. The zero-order valence-corrected chi connectivity index (χ0v) is 14.3. The summed E-state index contributed by atoms with van der Waals surface area (Å²) in [5, 5.41) is 2.24. The summed E-state index contributed by atoms with van der Waals surface area (Å²) < 4.78 is 56.9. The van der Waals surface area contributed by atoms with Crippen molar-refractivity contribution < 1.29 is 21.4 Å². The Balaban J connectivity index is 2.53. The molecule has 0 aliphatic heterocycles. The van der Waals surface area contributed by atoms with Gasteiger partial charge in [-0.1, -0.05) is 0 Å². The van der Waals surface area contributed by atoms with E-state index in [0.29, 0.717) is 0 Å². The Kier molecular flexibility index (Phi) is 4.80. The van der Waals surface area contributed by atoms with Gasteiger partial charge in [-0.05, 0) is 29.8 Å². The van der Waals surface area contributed by atoms with Crippen molar-refractivity contribution in [2.24, 2.45) is 0 Å². The average Bonchev–Trinajstić information content (AvgIpc) is 2.33. The molecule has 0 saturated heterocycles. The van der Waals surface area contributed by atoms with Gasteiger partial charge in [0, 0.05) is 0 Å². The van der Waals surface area contributed by atoms with Gasteiger partial charge in [-0.2, -0.15) is 23.4 Å². The van der Waals surface area contributed by atoms with Gasteiger partial charge in [0.15, 0.2) is 0 Å². The quantitative estimate of drug-likeness (QED) is 0.521. The van der Waals surface area contributed by atoms with Crippen molar-refractivity contribution in [1.82, 2.24) is 15.0 Å². The molecule has 130 valence electrons. The number of nitrogens with two attached hydrogens (primary N) is 1. The normalized spacial score (nSPS) is 12.0. The van der Waals surface area contributed by atoms with Crippen LogP contribution in [-0.4, -0.2) is 42.6 Å². The van der Waals surface area contributed by atoms with Crippen LogP contribution < -0.4 is 15.8 Å². The highest BCUT2D eigenvalue weighted by Crippen LogP contribution is 2.28. The fourth-order valence-corrected chi connectivity index (χ4v) is 3.02. The molecular weight excluding hydrogens is 384 g/mol. The van der Waals surface area contributed by atoms with E-state index in [4.69, 9.17) is 17.3 Å². The van der Waals surface area contributed by atoms with Crippen molar-refractivity contribution in [3.05, 3.63) is 23.5 Å². The first-order chi connectivity index (χ1) is 10.9. The summed E-state index contributed by atoms with van der Waals surface area (Å²) >= 11 is 5.62. The number of benzene rings is 1. The van der Waals surface area contributed by atoms with Gasteiger partial charge in [-0.15, -0.1) is 0 Å². The Hall–Kier alpha value is -2.22. The number of halogens is 1. The summed E-state index contributed by atoms with van der Waals surface area (Å²) in [6.07, 6.45) is 0.920. The van der Waals surface area contributed by atoms with Gasteiger partial charge < -0.3 is 11.1 Å². The lowest BCUT2D eigenvalue weighted by Crippen LogP contribution is -2.11. The Morgan fingerprint density at radius 1 is 1.17 bits per heavy atom. The summed E-state index contributed by atoms with van der Waals surface area (Å²) in [6.45, 7) is 0. The molecule has 0 amide bonds. The highest BCUT2D eigenvalue weighted by molar-refractivity contribution is 7.92. The van der Waals surface area contributed by atoms with Crippen molar-refractivity contribution >= 4 is 55.0 Å². The molecule has 11 nitrogen and oxygen atoms in total. The Bertz CT molecular complexity index is 975. The van der Waals surface area contributed by atoms with E-state index >= 15 is 0 Å². The van der Waals surface area contributed by atoms with Crippen LogP contribution in [0.25, 0.3) is 0 Å². The van der Waals surface area contributed by atoms with Crippen molar-refractivity contribution in [3.63, 3.8) is 0 Å². The first kappa shape index (κ1) is 18.1. The molecule has 0 atom stereocenters. The maximum atomic E-state index is 11.4. The van der Waals surface area contributed by atoms with Crippen LogP contribution in [0.3, 0.4) is 0 Å². The fourth-order valence-electron chi connectivity index (χ4n) is 1.67. The largest absolute Gasteiger partial charge is 0.368 e. The van der Waals surface area contributed by atoms with E-state index in [1.807, 2.05) is 0 Å². The van der Waals surface area contributed by atoms with E-state index < -0.39 is 25.0 Å². The predicted octanol–water partition coefficient (Wildman–Crippen LogP) is 0.469. The SMILES string of the molecule is CS(=O)(=O)Nc1ccc(S(=O)(=O)O)c(Nc2nc(N)nc(Cl)n2)c1. The lowest BCUT2D eigenvalue weighted by Gasteiger charge is -2.12. The molecule has 14 heteroatoms. The third-order valence-electron chi connectivity index (χ3n) is 2.43. The number of sulfonamides is 1. The molecule has 0 bridgehead atoms. The van der Waals surface area contributed by atoms with E-state index in [-0.39, 0.29) is 28.6 Å². The molecule has 1 heterocycles. The second kappa shape index (κ2) is 6.35. The number of nitrogen functional groups attached to an aromatic ring is 1. The van der Waals surface area contributed by atoms with Gasteiger partial charge in [0.1, 0.15) is 4.90 Å². The molecule has 0 radical (unpaired) electrons. The molecule has 0 aliphatic carbocycles. The summed E-state index contributed by atoms with van der Waals surface area (Å²) in [5.74, 6) is -0.426. The minimum Gasteiger partial charge on any atom is -0.368 e. The zero-order valence-electron chi connectivity index (χ0n) is 11.9. The highest BCUT2D eigenvalue weighted by atomic mass is 35.5. The average molecular weight is 395 g/mol. The molecule has 0 aliphatic rings. The van der Waals surface area contributed by atoms with Gasteiger partial charge in [0.25, 0.3) is 10.1 Å². The first-order valence-corrected chi connectivity index (χ1v) is 9.68. The third kappa shape index (κ3) is 4.89. The van der Waals surface area contributed by atoms with Crippen LogP contribution in [0.1, 0.15) is 0 Å². The minimum atomic E-state index is -4.61. The Morgan fingerprint density at radius 2 is 1.83 bits per heavy atom. The van der Waals surface area contributed by atoms with Gasteiger partial charge in [0.2, 0.25) is 27.2 Å². The van der Waals surface area contributed by atoms with Gasteiger partial charge in [-0.3, -0.25) is 9.27 Å². The van der Waals surface area contributed by atoms with Crippen LogP contribution in [0.5, 0.6) is 0 Å². The van der Waals surface area contributed by atoms with E-state index in [1.165, 1.54) is 0 Å². The Morgan fingerprint density at radius 3 is 2.38 bits per heavy atom. The molecule has 0 spiro atoms. The molecule has 1 aromatic heterocycles. The fraction of sp³-hybridized carbons (Fsp3) is 0.100. The monoisotopic (exact) mass is 394 g/mol. The number of nitrogens with one attached hydrogen (secondary N) is 2. The van der Waals surface area contributed by atoms with Crippen LogP contribution in [0.15, 0.2) is 23.1 Å². The molecule has 0 unspecified atom stereocenters. The predicted molar refractivity (Wildman–Crippen MR) is 87.3 cm³/mol. The second-order valence-corrected chi connectivity index (χ2v) is 7.95. The minimum absolute atomic E-state index is 0.0422. The zero-order chi connectivity index (χ0) is 18.1. The molecule has 5 N–H and O–H groups in total. The molecule has 0 saturated carbocycles. The van der Waals surface area contributed by atoms with Crippen molar-refractivity contribution in [1.29, 1.82) is 0 Å². The summed E-state index contributed by atoms with van der Waals surface area (Å²) in [5.41, 5.74) is 5.25. The molecule has 24 heavy (non-hydrogen) atoms. The van der Waals surface area contributed by atoms with Crippen molar-refractivity contribution in [3.8, 4) is 0 Å². The summed E-state index contributed by atoms with van der Waals surface area (Å²) in [7, 11) is -8.21. The van der Waals surface area contributed by atoms with Gasteiger partial charge >= 0.3 is 0 Å². The van der Waals surface area contributed by atoms with E-state index in [1.54, 1.807) is 0 Å². The van der Waals surface area contributed by atoms with Gasteiger partial charge in [-0.25, -0.2) is 8.42 Å². The molecular formula is C10H11ClN6O5S2. The number of rotatable bonds is 5. The maximum Gasteiger partial charge on any atom is 0.296 e. The smallest absolute Gasteiger partial charge is 0.296 e. The lowest BCUT2D eigenvalue weighted by molar-refractivity contribution is 0.483.